The van der Waals surface area contributed by atoms with Gasteiger partial charge in [0.25, 0.3) is 0 Å². The number of rotatable bonds is 4. The molecule has 0 atom stereocenters. The first-order valence-corrected chi connectivity index (χ1v) is 6.63. The second-order valence-corrected chi connectivity index (χ2v) is 4.57. The van der Waals surface area contributed by atoms with Crippen molar-refractivity contribution in [2.45, 2.75) is 26.2 Å². The Labute approximate surface area is 112 Å². The largest absolute Gasteiger partial charge is 0.221 e. The van der Waals surface area contributed by atoms with Crippen LogP contribution in [0.4, 0.5) is 0 Å². The first-order valence-electron chi connectivity index (χ1n) is 6.63. The summed E-state index contributed by atoms with van der Waals surface area (Å²) in [5.41, 5.74) is 3.07. The molecule has 0 bridgehead atoms. The van der Waals surface area contributed by atoms with E-state index in [1.807, 2.05) is 24.4 Å². The molecule has 0 spiro atoms. The zero-order chi connectivity index (χ0) is 13.1. The average Bonchev–Trinajstić information content (AvgIpc) is 2.89. The first-order chi connectivity index (χ1) is 9.38. The minimum absolute atomic E-state index is 0.882. The van der Waals surface area contributed by atoms with Crippen LogP contribution in [-0.4, -0.2) is 19.6 Å². The Morgan fingerprint density at radius 1 is 1.16 bits per heavy atom. The zero-order valence-electron chi connectivity index (χ0n) is 11.0. The summed E-state index contributed by atoms with van der Waals surface area (Å²) in [6.07, 6.45) is 6.79. The molecule has 4 nitrogen and oxygen atoms in total. The van der Waals surface area contributed by atoms with Crippen LogP contribution in [0.3, 0.4) is 0 Å². The number of aromatic nitrogens is 4. The first kappa shape index (κ1) is 11.8. The number of benzene rings is 1. The van der Waals surface area contributed by atoms with Gasteiger partial charge >= 0.3 is 0 Å². The third-order valence-corrected chi connectivity index (χ3v) is 3.16. The van der Waals surface area contributed by atoms with Gasteiger partial charge in [-0.25, -0.2) is 14.5 Å². The molecule has 0 radical (unpaired) electrons. The fourth-order valence-electron chi connectivity index (χ4n) is 2.10. The van der Waals surface area contributed by atoms with E-state index in [-0.39, 0.29) is 0 Å². The topological polar surface area (TPSA) is 43.1 Å². The van der Waals surface area contributed by atoms with Crippen molar-refractivity contribution in [1.82, 2.24) is 19.6 Å². The van der Waals surface area contributed by atoms with Crippen molar-refractivity contribution >= 4 is 5.65 Å². The van der Waals surface area contributed by atoms with Crippen molar-refractivity contribution in [3.05, 3.63) is 48.7 Å². The van der Waals surface area contributed by atoms with Gasteiger partial charge in [-0.15, -0.1) is 0 Å². The normalized spacial score (nSPS) is 11.0. The van der Waals surface area contributed by atoms with E-state index in [0.717, 1.165) is 41.9 Å². The summed E-state index contributed by atoms with van der Waals surface area (Å²) >= 11 is 0. The van der Waals surface area contributed by atoms with Gasteiger partial charge in [0, 0.05) is 12.0 Å². The number of fused-ring (bicyclic) bond motifs is 1. The molecule has 0 N–H and O–H groups in total. The lowest BCUT2D eigenvalue weighted by Crippen LogP contribution is -2.00. The summed E-state index contributed by atoms with van der Waals surface area (Å²) in [6, 6.07) is 10.2. The Balaban J connectivity index is 2.05. The van der Waals surface area contributed by atoms with Gasteiger partial charge in [0.05, 0.1) is 6.20 Å². The average molecular weight is 252 g/mol. The Hall–Kier alpha value is -2.23. The minimum Gasteiger partial charge on any atom is -0.221 e. The van der Waals surface area contributed by atoms with Crippen LogP contribution in [0.25, 0.3) is 16.8 Å². The molecular weight excluding hydrogens is 236 g/mol. The Morgan fingerprint density at radius 3 is 2.79 bits per heavy atom. The monoisotopic (exact) mass is 252 g/mol. The molecule has 0 amide bonds. The van der Waals surface area contributed by atoms with E-state index in [4.69, 9.17) is 0 Å². The fraction of sp³-hybridized carbons (Fsp3) is 0.267. The maximum atomic E-state index is 4.64. The lowest BCUT2D eigenvalue weighted by atomic mass is 10.1. The van der Waals surface area contributed by atoms with Crippen LogP contribution in [-0.2, 0) is 6.42 Å². The summed E-state index contributed by atoms with van der Waals surface area (Å²) in [4.78, 5) is 8.98. The number of unbranched alkanes of at least 4 members (excludes halogenated alkanes) is 1. The van der Waals surface area contributed by atoms with Crippen LogP contribution >= 0.6 is 0 Å². The third kappa shape index (κ3) is 2.34. The lowest BCUT2D eigenvalue weighted by Gasteiger charge is -2.01. The van der Waals surface area contributed by atoms with Gasteiger partial charge in [0.2, 0.25) is 0 Å². The van der Waals surface area contributed by atoms with Crippen molar-refractivity contribution in [2.24, 2.45) is 0 Å². The van der Waals surface area contributed by atoms with E-state index in [1.165, 1.54) is 0 Å². The van der Waals surface area contributed by atoms with E-state index >= 15 is 0 Å². The maximum Gasteiger partial charge on any atom is 0.166 e. The van der Waals surface area contributed by atoms with Crippen molar-refractivity contribution in [3.8, 4) is 11.1 Å². The molecule has 0 saturated carbocycles. The highest BCUT2D eigenvalue weighted by atomic mass is 15.3. The summed E-state index contributed by atoms with van der Waals surface area (Å²) in [6.45, 7) is 2.17. The van der Waals surface area contributed by atoms with Gasteiger partial charge in [-0.1, -0.05) is 43.7 Å². The molecule has 0 unspecified atom stereocenters. The van der Waals surface area contributed by atoms with Crippen LogP contribution in [0.1, 0.15) is 25.6 Å². The van der Waals surface area contributed by atoms with Crippen LogP contribution in [0.2, 0.25) is 0 Å². The Morgan fingerprint density at radius 2 is 2.00 bits per heavy atom. The lowest BCUT2D eigenvalue weighted by molar-refractivity contribution is 0.738. The quantitative estimate of drug-likeness (QED) is 0.716. The van der Waals surface area contributed by atoms with Gasteiger partial charge in [-0.3, -0.25) is 0 Å². The van der Waals surface area contributed by atoms with Gasteiger partial charge in [-0.2, -0.15) is 5.10 Å². The van der Waals surface area contributed by atoms with Crippen LogP contribution in [0.15, 0.2) is 42.9 Å². The Kier molecular flexibility index (Phi) is 3.23. The fourth-order valence-corrected chi connectivity index (χ4v) is 2.10. The molecule has 96 valence electrons. The molecule has 0 saturated heterocycles. The molecule has 19 heavy (non-hydrogen) atoms. The molecular formula is C15H16N4. The van der Waals surface area contributed by atoms with Crippen molar-refractivity contribution in [1.29, 1.82) is 0 Å². The second-order valence-electron chi connectivity index (χ2n) is 4.57. The number of hydrogen-bond acceptors (Lipinski definition) is 3. The molecule has 2 aromatic heterocycles. The Bertz CT molecular complexity index is 673. The molecule has 3 aromatic rings. The van der Waals surface area contributed by atoms with E-state index in [2.05, 4.69) is 34.1 Å². The molecule has 1 aromatic carbocycles. The molecule has 2 heterocycles. The number of aryl methyl sites for hydroxylation is 1. The smallest absolute Gasteiger partial charge is 0.166 e. The highest BCUT2D eigenvalue weighted by Gasteiger charge is 2.08. The molecule has 3 rings (SSSR count). The highest BCUT2D eigenvalue weighted by Crippen LogP contribution is 2.22. The summed E-state index contributed by atoms with van der Waals surface area (Å²) in [7, 11) is 0. The van der Waals surface area contributed by atoms with Crippen LogP contribution < -0.4 is 0 Å². The number of hydrogen-bond donors (Lipinski definition) is 0. The molecule has 0 fully saturated rings. The van der Waals surface area contributed by atoms with Gasteiger partial charge in [0.1, 0.15) is 12.2 Å². The van der Waals surface area contributed by atoms with Crippen LogP contribution in [0, 0.1) is 0 Å². The van der Waals surface area contributed by atoms with Gasteiger partial charge in [-0.05, 0) is 12.0 Å². The molecule has 0 aliphatic heterocycles. The predicted molar refractivity (Wildman–Crippen MR) is 74.8 cm³/mol. The third-order valence-electron chi connectivity index (χ3n) is 3.16. The van der Waals surface area contributed by atoms with Gasteiger partial charge < -0.3 is 0 Å². The second kappa shape index (κ2) is 5.18. The van der Waals surface area contributed by atoms with E-state index in [1.54, 1.807) is 10.8 Å². The maximum absolute atomic E-state index is 4.64. The summed E-state index contributed by atoms with van der Waals surface area (Å²) < 4.78 is 1.73. The van der Waals surface area contributed by atoms with E-state index in [9.17, 15) is 0 Å². The SMILES string of the molecule is CCCCc1ncn2ncc(-c3ccccc3)c2n1. The zero-order valence-corrected chi connectivity index (χ0v) is 11.0. The predicted octanol–water partition coefficient (Wildman–Crippen LogP) is 3.13. The van der Waals surface area contributed by atoms with Crippen molar-refractivity contribution in [3.63, 3.8) is 0 Å². The molecule has 0 aliphatic rings. The van der Waals surface area contributed by atoms with Crippen molar-refractivity contribution < 1.29 is 0 Å². The standard InChI is InChI=1S/C15H16N4/c1-2-3-9-14-16-11-19-15(18-14)13(10-17-19)12-7-5-4-6-8-12/h4-8,10-11H,2-3,9H2,1H3. The number of nitrogens with zero attached hydrogens (tertiary/aromatic N) is 4. The van der Waals surface area contributed by atoms with E-state index < -0.39 is 0 Å². The minimum atomic E-state index is 0.882. The summed E-state index contributed by atoms with van der Waals surface area (Å²) in [5.74, 6) is 0.895. The van der Waals surface area contributed by atoms with Gasteiger partial charge in [0.15, 0.2) is 5.65 Å². The van der Waals surface area contributed by atoms with E-state index in [0.29, 0.717) is 0 Å². The molecule has 4 heteroatoms. The highest BCUT2D eigenvalue weighted by molar-refractivity contribution is 5.76. The van der Waals surface area contributed by atoms with Crippen molar-refractivity contribution in [2.75, 3.05) is 0 Å². The molecule has 0 aliphatic carbocycles. The van der Waals surface area contributed by atoms with Crippen LogP contribution in [0.5, 0.6) is 0 Å². The summed E-state index contributed by atoms with van der Waals surface area (Å²) in [5, 5.41) is 4.31.